The van der Waals surface area contributed by atoms with Gasteiger partial charge in [0.25, 0.3) is 0 Å². The maximum Gasteiger partial charge on any atom is 0.141 e. The lowest BCUT2D eigenvalue weighted by molar-refractivity contribution is -0.195. The van der Waals surface area contributed by atoms with Gasteiger partial charge in [-0.2, -0.15) is 5.90 Å². The number of imidazole rings is 1. The zero-order chi connectivity index (χ0) is 22.5. The van der Waals surface area contributed by atoms with Crippen molar-refractivity contribution in [1.82, 2.24) is 9.55 Å². The second-order valence-electron chi connectivity index (χ2n) is 8.29. The molecule has 1 aliphatic rings. The Labute approximate surface area is 197 Å². The van der Waals surface area contributed by atoms with E-state index in [9.17, 15) is 0 Å². The van der Waals surface area contributed by atoms with Crippen molar-refractivity contribution in [1.29, 1.82) is 0 Å². The third kappa shape index (κ3) is 5.07. The minimum absolute atomic E-state index is 0.454. The smallest absolute Gasteiger partial charge is 0.141 e. The predicted octanol–water partition coefficient (Wildman–Crippen LogP) is 6.62. The monoisotopic (exact) mass is 461 g/mol. The number of nitrogens with zero attached hydrogens (tertiary/aromatic N) is 2. The van der Waals surface area contributed by atoms with Gasteiger partial charge in [0.05, 0.1) is 23.1 Å². The quantitative estimate of drug-likeness (QED) is 0.181. The topological polar surface area (TPSA) is 71.5 Å². The summed E-state index contributed by atoms with van der Waals surface area (Å²) in [6.45, 7) is 0.551. The molecule has 0 saturated heterocycles. The van der Waals surface area contributed by atoms with Crippen LogP contribution in [0.1, 0.15) is 43.7 Å². The zero-order valence-electron chi connectivity index (χ0n) is 18.4. The van der Waals surface area contributed by atoms with E-state index in [0.29, 0.717) is 12.6 Å². The van der Waals surface area contributed by atoms with E-state index in [2.05, 4.69) is 39.9 Å². The van der Waals surface area contributed by atoms with Crippen LogP contribution in [0.5, 0.6) is 5.75 Å². The Kier molecular flexibility index (Phi) is 6.92. The first kappa shape index (κ1) is 22.0. The van der Waals surface area contributed by atoms with Gasteiger partial charge < -0.3 is 9.30 Å². The summed E-state index contributed by atoms with van der Waals surface area (Å²) in [6, 6.07) is 25.0. The molecule has 33 heavy (non-hydrogen) atoms. The molecule has 1 aromatic heterocycles. The zero-order valence-corrected chi connectivity index (χ0v) is 19.2. The molecule has 1 aliphatic carbocycles. The second kappa shape index (κ2) is 10.4. The van der Waals surface area contributed by atoms with Crippen molar-refractivity contribution in [2.24, 2.45) is 5.90 Å². The van der Waals surface area contributed by atoms with Crippen molar-refractivity contribution in [2.45, 2.75) is 49.6 Å². The Morgan fingerprint density at radius 3 is 2.48 bits per heavy atom. The fraction of sp³-hybridized carbons (Fsp3) is 0.269. The molecule has 3 aromatic carbocycles. The van der Waals surface area contributed by atoms with E-state index >= 15 is 0 Å². The fourth-order valence-electron chi connectivity index (χ4n) is 4.54. The minimum Gasteiger partial charge on any atom is -0.489 e. The standard InChI is InChI=1S/C26H27N3O3S/c27-31-32-33-23-15-16-25-24(17-23)28-26(29(25)21-9-5-2-6-10-21)20-11-13-22(14-12-20)30-18-19-7-3-1-4-8-19/h1,3-4,7-8,11-17,21H,2,5-6,9-10,18,27H2. The van der Waals surface area contributed by atoms with Crippen molar-refractivity contribution in [3.05, 3.63) is 78.4 Å². The molecule has 1 saturated carbocycles. The Bertz CT molecular complexity index is 1190. The van der Waals surface area contributed by atoms with Crippen LogP contribution in [-0.4, -0.2) is 9.55 Å². The Morgan fingerprint density at radius 2 is 1.73 bits per heavy atom. The highest BCUT2D eigenvalue weighted by atomic mass is 32.2. The first-order chi connectivity index (χ1) is 16.3. The normalized spacial score (nSPS) is 14.6. The Hall–Kier alpha value is -2.84. The van der Waals surface area contributed by atoms with E-state index in [0.717, 1.165) is 50.7 Å². The van der Waals surface area contributed by atoms with Gasteiger partial charge in [0.1, 0.15) is 18.2 Å². The highest BCUT2D eigenvalue weighted by Crippen LogP contribution is 2.37. The van der Waals surface area contributed by atoms with Crippen LogP contribution in [0.4, 0.5) is 0 Å². The molecule has 0 atom stereocenters. The van der Waals surface area contributed by atoms with Crippen LogP contribution in [0.2, 0.25) is 0 Å². The molecule has 170 valence electrons. The van der Waals surface area contributed by atoms with Crippen LogP contribution in [-0.2, 0) is 15.9 Å². The summed E-state index contributed by atoms with van der Waals surface area (Å²) in [4.78, 5) is 10.2. The van der Waals surface area contributed by atoms with Gasteiger partial charge >= 0.3 is 0 Å². The van der Waals surface area contributed by atoms with E-state index in [-0.39, 0.29) is 0 Å². The molecule has 0 bridgehead atoms. The molecule has 0 unspecified atom stereocenters. The largest absolute Gasteiger partial charge is 0.489 e. The van der Waals surface area contributed by atoms with E-state index in [1.54, 1.807) is 0 Å². The maximum absolute atomic E-state index is 5.98. The van der Waals surface area contributed by atoms with Crippen LogP contribution < -0.4 is 10.6 Å². The van der Waals surface area contributed by atoms with Gasteiger partial charge in [-0.25, -0.2) is 4.98 Å². The molecule has 0 aliphatic heterocycles. The number of aromatic nitrogens is 2. The molecule has 1 heterocycles. The highest BCUT2D eigenvalue weighted by Gasteiger charge is 2.22. The molecule has 0 radical (unpaired) electrons. The lowest BCUT2D eigenvalue weighted by Crippen LogP contribution is -2.13. The van der Waals surface area contributed by atoms with Gasteiger partial charge in [-0.05, 0) is 60.9 Å². The van der Waals surface area contributed by atoms with Gasteiger partial charge in [-0.15, -0.1) is 9.32 Å². The summed E-state index contributed by atoms with van der Waals surface area (Å²) in [5.41, 5.74) is 4.31. The Morgan fingerprint density at radius 1 is 0.939 bits per heavy atom. The number of fused-ring (bicyclic) bond motifs is 1. The molecule has 5 rings (SSSR count). The second-order valence-corrected chi connectivity index (χ2v) is 9.07. The van der Waals surface area contributed by atoms with Crippen molar-refractivity contribution in [3.8, 4) is 17.1 Å². The molecular weight excluding hydrogens is 434 g/mol. The van der Waals surface area contributed by atoms with Crippen molar-refractivity contribution in [3.63, 3.8) is 0 Å². The number of benzene rings is 3. The van der Waals surface area contributed by atoms with Gasteiger partial charge in [0, 0.05) is 16.5 Å². The summed E-state index contributed by atoms with van der Waals surface area (Å²) in [5, 5.41) is 0. The third-order valence-corrected chi connectivity index (χ3v) is 6.72. The van der Waals surface area contributed by atoms with Gasteiger partial charge in [0.15, 0.2) is 0 Å². The molecule has 0 spiro atoms. The molecule has 7 heteroatoms. The minimum atomic E-state index is 0.454. The summed E-state index contributed by atoms with van der Waals surface area (Å²) in [5.74, 6) is 6.82. The van der Waals surface area contributed by atoms with Gasteiger partial charge in [0.2, 0.25) is 0 Å². The van der Waals surface area contributed by atoms with Gasteiger partial charge in [-0.3, -0.25) is 0 Å². The predicted molar refractivity (Wildman–Crippen MR) is 130 cm³/mol. The van der Waals surface area contributed by atoms with Crippen LogP contribution in [0.15, 0.2) is 77.7 Å². The summed E-state index contributed by atoms with van der Waals surface area (Å²) in [7, 11) is 0. The lowest BCUT2D eigenvalue weighted by atomic mass is 9.95. The van der Waals surface area contributed by atoms with Crippen molar-refractivity contribution < 1.29 is 14.1 Å². The molecular formula is C26H27N3O3S. The Balaban J connectivity index is 1.45. The van der Waals surface area contributed by atoms with Crippen LogP contribution in [0, 0.1) is 0 Å². The molecule has 0 amide bonds. The van der Waals surface area contributed by atoms with Crippen LogP contribution >= 0.6 is 12.0 Å². The lowest BCUT2D eigenvalue weighted by Gasteiger charge is -2.25. The van der Waals surface area contributed by atoms with Gasteiger partial charge in [-0.1, -0.05) is 49.6 Å². The van der Waals surface area contributed by atoms with E-state index < -0.39 is 0 Å². The molecule has 4 aromatic rings. The average Bonchev–Trinajstić information content (AvgIpc) is 3.26. The molecule has 6 nitrogen and oxygen atoms in total. The summed E-state index contributed by atoms with van der Waals surface area (Å²) in [6.07, 6.45) is 6.18. The first-order valence-electron chi connectivity index (χ1n) is 11.3. The molecule has 2 N–H and O–H groups in total. The highest BCUT2D eigenvalue weighted by molar-refractivity contribution is 7.94. The average molecular weight is 462 g/mol. The van der Waals surface area contributed by atoms with Crippen molar-refractivity contribution in [2.75, 3.05) is 0 Å². The summed E-state index contributed by atoms with van der Waals surface area (Å²) < 4.78 is 13.2. The van der Waals surface area contributed by atoms with Crippen LogP contribution in [0.25, 0.3) is 22.4 Å². The van der Waals surface area contributed by atoms with E-state index in [1.165, 1.54) is 32.1 Å². The van der Waals surface area contributed by atoms with Crippen LogP contribution in [0.3, 0.4) is 0 Å². The number of hydrogen-bond acceptors (Lipinski definition) is 6. The SMILES string of the molecule is NOOSc1ccc2c(c1)nc(-c1ccc(OCc3ccccc3)cc1)n2C1CCCCC1. The summed E-state index contributed by atoms with van der Waals surface area (Å²) >= 11 is 1.07. The number of ether oxygens (including phenoxy) is 1. The maximum atomic E-state index is 5.98. The van der Waals surface area contributed by atoms with Crippen molar-refractivity contribution >= 4 is 23.1 Å². The number of nitrogens with two attached hydrogens (primary N) is 1. The number of rotatable bonds is 8. The molecule has 1 fully saturated rings. The first-order valence-corrected chi connectivity index (χ1v) is 12.1. The number of hydrogen-bond donors (Lipinski definition) is 1. The third-order valence-electron chi connectivity index (χ3n) is 6.13. The fourth-order valence-corrected chi connectivity index (χ4v) is 4.94. The van der Waals surface area contributed by atoms with E-state index in [1.807, 2.05) is 42.5 Å². The van der Waals surface area contributed by atoms with E-state index in [4.69, 9.17) is 20.0 Å².